The standard InChI is InChI=1S/C11H10N2/c1-8-9(2)13-11(12-8)10-6-4-3-5-7-10/h3-7H,1H2,2H3. The van der Waals surface area contributed by atoms with E-state index in [-0.39, 0.29) is 0 Å². The third-order valence-corrected chi connectivity index (χ3v) is 1.96. The first-order chi connectivity index (χ1) is 6.27. The maximum Gasteiger partial charge on any atom is 0.160 e. The van der Waals surface area contributed by atoms with Gasteiger partial charge in [0.05, 0.1) is 11.4 Å². The van der Waals surface area contributed by atoms with Crippen molar-refractivity contribution in [2.75, 3.05) is 0 Å². The summed E-state index contributed by atoms with van der Waals surface area (Å²) in [6.45, 7) is 5.71. The van der Waals surface area contributed by atoms with Gasteiger partial charge in [-0.15, -0.1) is 0 Å². The fourth-order valence-corrected chi connectivity index (χ4v) is 1.17. The minimum atomic E-state index is 0.763. The molecule has 0 aromatic heterocycles. The monoisotopic (exact) mass is 170 g/mol. The van der Waals surface area contributed by atoms with Gasteiger partial charge in [0.15, 0.2) is 5.84 Å². The molecule has 0 saturated heterocycles. The summed E-state index contributed by atoms with van der Waals surface area (Å²) in [5.74, 6) is 0.767. The number of benzene rings is 1. The Bertz CT molecular complexity index is 399. The van der Waals surface area contributed by atoms with Crippen molar-refractivity contribution < 1.29 is 0 Å². The van der Waals surface area contributed by atoms with E-state index < -0.39 is 0 Å². The molecule has 0 bridgehead atoms. The summed E-state index contributed by atoms with van der Waals surface area (Å²) in [5.41, 5.74) is 2.71. The number of hydrogen-bond acceptors (Lipinski definition) is 2. The summed E-state index contributed by atoms with van der Waals surface area (Å²) in [6, 6.07) is 9.92. The molecule has 2 heteroatoms. The summed E-state index contributed by atoms with van der Waals surface area (Å²) < 4.78 is 0. The highest BCUT2D eigenvalue weighted by Crippen LogP contribution is 2.13. The molecule has 0 radical (unpaired) electrons. The van der Waals surface area contributed by atoms with Gasteiger partial charge in [0.1, 0.15) is 0 Å². The van der Waals surface area contributed by atoms with Gasteiger partial charge in [-0.1, -0.05) is 36.9 Å². The average molecular weight is 170 g/mol. The molecule has 1 aliphatic heterocycles. The van der Waals surface area contributed by atoms with Crippen molar-refractivity contribution in [2.45, 2.75) is 6.92 Å². The van der Waals surface area contributed by atoms with E-state index in [0.717, 1.165) is 22.8 Å². The Hall–Kier alpha value is -1.70. The molecule has 0 N–H and O–H groups in total. The van der Waals surface area contributed by atoms with Gasteiger partial charge >= 0.3 is 0 Å². The number of rotatable bonds is 1. The fourth-order valence-electron chi connectivity index (χ4n) is 1.17. The van der Waals surface area contributed by atoms with Gasteiger partial charge in [0, 0.05) is 5.56 Å². The molecule has 0 atom stereocenters. The minimum Gasteiger partial charge on any atom is -0.231 e. The first kappa shape index (κ1) is 7.92. The summed E-state index contributed by atoms with van der Waals surface area (Å²) >= 11 is 0. The van der Waals surface area contributed by atoms with Crippen LogP contribution in [0.1, 0.15) is 12.5 Å². The molecular weight excluding hydrogens is 160 g/mol. The van der Waals surface area contributed by atoms with Crippen LogP contribution in [0.3, 0.4) is 0 Å². The lowest BCUT2D eigenvalue weighted by Gasteiger charge is -1.94. The molecule has 2 rings (SSSR count). The minimum absolute atomic E-state index is 0.763. The molecule has 1 aromatic rings. The number of allylic oxidation sites excluding steroid dienone is 1. The van der Waals surface area contributed by atoms with Crippen molar-refractivity contribution in [3.8, 4) is 0 Å². The third kappa shape index (κ3) is 1.43. The predicted molar refractivity (Wildman–Crippen MR) is 55.2 cm³/mol. The van der Waals surface area contributed by atoms with E-state index in [1.165, 1.54) is 0 Å². The molecule has 0 unspecified atom stereocenters. The van der Waals surface area contributed by atoms with Crippen molar-refractivity contribution in [1.82, 2.24) is 0 Å². The second kappa shape index (κ2) is 2.98. The molecular formula is C11H10N2. The molecule has 1 aromatic carbocycles. The van der Waals surface area contributed by atoms with Gasteiger partial charge < -0.3 is 0 Å². The lowest BCUT2D eigenvalue weighted by molar-refractivity contribution is 1.49. The lowest BCUT2D eigenvalue weighted by Crippen LogP contribution is -1.92. The van der Waals surface area contributed by atoms with E-state index in [1.807, 2.05) is 37.3 Å². The van der Waals surface area contributed by atoms with Crippen LogP contribution in [0.5, 0.6) is 0 Å². The quantitative estimate of drug-likeness (QED) is 0.618. The topological polar surface area (TPSA) is 24.7 Å². The van der Waals surface area contributed by atoms with E-state index in [4.69, 9.17) is 0 Å². The zero-order valence-corrected chi connectivity index (χ0v) is 7.49. The van der Waals surface area contributed by atoms with E-state index >= 15 is 0 Å². The molecule has 1 heterocycles. The zero-order valence-electron chi connectivity index (χ0n) is 7.49. The second-order valence-corrected chi connectivity index (χ2v) is 2.95. The van der Waals surface area contributed by atoms with Gasteiger partial charge in [-0.3, -0.25) is 0 Å². The molecule has 0 spiro atoms. The highest BCUT2D eigenvalue weighted by molar-refractivity contribution is 6.16. The summed E-state index contributed by atoms with van der Waals surface area (Å²) in [4.78, 5) is 8.57. The van der Waals surface area contributed by atoms with Crippen LogP contribution >= 0.6 is 0 Å². The van der Waals surface area contributed by atoms with E-state index in [0.29, 0.717) is 0 Å². The maximum atomic E-state index is 4.31. The zero-order chi connectivity index (χ0) is 9.26. The maximum absolute atomic E-state index is 4.31. The van der Waals surface area contributed by atoms with E-state index in [1.54, 1.807) is 0 Å². The Labute approximate surface area is 77.4 Å². The SMILES string of the molecule is C=C1N=C(c2ccccc2)N=C1C. The largest absolute Gasteiger partial charge is 0.231 e. The Morgan fingerprint density at radius 3 is 2.31 bits per heavy atom. The first-order valence-electron chi connectivity index (χ1n) is 4.16. The van der Waals surface area contributed by atoms with Crippen LogP contribution in [0.4, 0.5) is 0 Å². The van der Waals surface area contributed by atoms with Crippen molar-refractivity contribution in [3.05, 3.63) is 48.2 Å². The van der Waals surface area contributed by atoms with Gasteiger partial charge in [-0.2, -0.15) is 0 Å². The first-order valence-corrected chi connectivity index (χ1v) is 4.16. The van der Waals surface area contributed by atoms with Crippen LogP contribution in [-0.2, 0) is 0 Å². The highest BCUT2D eigenvalue weighted by atomic mass is 15.0. The van der Waals surface area contributed by atoms with Crippen LogP contribution in [0.2, 0.25) is 0 Å². The van der Waals surface area contributed by atoms with Gasteiger partial charge in [-0.05, 0) is 6.92 Å². The number of hydrogen-bond donors (Lipinski definition) is 0. The molecule has 0 saturated carbocycles. The Kier molecular flexibility index (Phi) is 1.81. The molecule has 13 heavy (non-hydrogen) atoms. The normalized spacial score (nSPS) is 15.6. The lowest BCUT2D eigenvalue weighted by atomic mass is 10.2. The van der Waals surface area contributed by atoms with E-state index in [2.05, 4.69) is 16.6 Å². The Balaban J connectivity index is 2.41. The fraction of sp³-hybridized carbons (Fsp3) is 0.0909. The highest BCUT2D eigenvalue weighted by Gasteiger charge is 2.10. The number of aliphatic imine (C=N–C) groups is 2. The molecule has 64 valence electrons. The second-order valence-electron chi connectivity index (χ2n) is 2.95. The van der Waals surface area contributed by atoms with Crippen molar-refractivity contribution in [2.24, 2.45) is 9.98 Å². The summed E-state index contributed by atoms with van der Waals surface area (Å²) in [5, 5.41) is 0. The smallest absolute Gasteiger partial charge is 0.160 e. The van der Waals surface area contributed by atoms with Crippen LogP contribution in [-0.4, -0.2) is 11.5 Å². The van der Waals surface area contributed by atoms with Gasteiger partial charge in [0.25, 0.3) is 0 Å². The molecule has 0 aliphatic carbocycles. The van der Waals surface area contributed by atoms with Gasteiger partial charge in [-0.25, -0.2) is 9.98 Å². The number of amidine groups is 1. The number of nitrogens with zero attached hydrogens (tertiary/aromatic N) is 2. The van der Waals surface area contributed by atoms with Crippen LogP contribution < -0.4 is 0 Å². The molecule has 0 amide bonds. The molecule has 0 fully saturated rings. The average Bonchev–Trinajstić information content (AvgIpc) is 2.49. The summed E-state index contributed by atoms with van der Waals surface area (Å²) in [6.07, 6.45) is 0. The van der Waals surface area contributed by atoms with Crippen molar-refractivity contribution in [3.63, 3.8) is 0 Å². The third-order valence-electron chi connectivity index (χ3n) is 1.96. The van der Waals surface area contributed by atoms with Crippen molar-refractivity contribution >= 4 is 11.5 Å². The van der Waals surface area contributed by atoms with Crippen LogP contribution in [0.25, 0.3) is 0 Å². The predicted octanol–water partition coefficient (Wildman–Crippen LogP) is 2.42. The Morgan fingerprint density at radius 2 is 1.77 bits per heavy atom. The molecule has 2 nitrogen and oxygen atoms in total. The molecule has 1 aliphatic rings. The van der Waals surface area contributed by atoms with E-state index in [9.17, 15) is 0 Å². The Morgan fingerprint density at radius 1 is 1.08 bits per heavy atom. The van der Waals surface area contributed by atoms with Crippen LogP contribution in [0, 0.1) is 0 Å². The van der Waals surface area contributed by atoms with Crippen molar-refractivity contribution in [1.29, 1.82) is 0 Å². The van der Waals surface area contributed by atoms with Crippen LogP contribution in [0.15, 0.2) is 52.6 Å². The summed E-state index contributed by atoms with van der Waals surface area (Å²) in [7, 11) is 0. The van der Waals surface area contributed by atoms with Gasteiger partial charge in [0.2, 0.25) is 0 Å².